The van der Waals surface area contributed by atoms with Crippen molar-refractivity contribution in [3.8, 4) is 0 Å². The second-order valence-corrected chi connectivity index (χ2v) is 9.67. The van der Waals surface area contributed by atoms with Gasteiger partial charge in [-0.15, -0.1) is 11.3 Å². The summed E-state index contributed by atoms with van der Waals surface area (Å²) in [4.78, 5) is 24.7. The molecule has 1 aliphatic rings. The summed E-state index contributed by atoms with van der Waals surface area (Å²) in [6.45, 7) is 0. The molecule has 0 bridgehead atoms. The first-order valence-electron chi connectivity index (χ1n) is 9.12. The molecule has 2 N–H and O–H groups in total. The number of nitrogens with one attached hydrogen (secondary N) is 2. The lowest BCUT2D eigenvalue weighted by molar-refractivity contribution is 0.0849. The van der Waals surface area contributed by atoms with E-state index in [1.54, 1.807) is 24.6 Å². The molecular formula is C19H23N3O4S2. The molecule has 150 valence electrons. The average Bonchev–Trinajstić information content (AvgIpc) is 3.27. The van der Waals surface area contributed by atoms with Gasteiger partial charge in [-0.1, -0.05) is 25.3 Å². The molecule has 1 aromatic carbocycles. The van der Waals surface area contributed by atoms with Crippen molar-refractivity contribution in [3.63, 3.8) is 0 Å². The van der Waals surface area contributed by atoms with Gasteiger partial charge in [-0.25, -0.2) is 8.42 Å². The Morgan fingerprint density at radius 3 is 2.25 bits per heavy atom. The van der Waals surface area contributed by atoms with Gasteiger partial charge in [0.15, 0.2) is 0 Å². The number of sulfonamides is 1. The molecule has 1 fully saturated rings. The summed E-state index contributed by atoms with van der Waals surface area (Å²) in [5.41, 5.74) is 4.92. The number of hydrogen-bond donors (Lipinski definition) is 2. The Morgan fingerprint density at radius 2 is 1.64 bits per heavy atom. The Bertz CT molecular complexity index is 919. The molecule has 0 spiro atoms. The van der Waals surface area contributed by atoms with Crippen LogP contribution in [0, 0.1) is 0 Å². The zero-order valence-electron chi connectivity index (χ0n) is 15.6. The van der Waals surface area contributed by atoms with E-state index in [2.05, 4.69) is 10.9 Å². The Hall–Kier alpha value is -2.23. The van der Waals surface area contributed by atoms with Crippen LogP contribution in [0.5, 0.6) is 0 Å². The number of thiophene rings is 1. The van der Waals surface area contributed by atoms with Gasteiger partial charge in [0.05, 0.1) is 9.77 Å². The number of carbonyl (C=O) groups excluding carboxylic acids is 2. The number of hydrogen-bond acceptors (Lipinski definition) is 5. The molecule has 0 radical (unpaired) electrons. The minimum absolute atomic E-state index is 0.0224. The highest BCUT2D eigenvalue weighted by molar-refractivity contribution is 7.89. The third-order valence-corrected chi connectivity index (χ3v) is 7.71. The second-order valence-electron chi connectivity index (χ2n) is 6.72. The van der Waals surface area contributed by atoms with Gasteiger partial charge < -0.3 is 0 Å². The normalized spacial score (nSPS) is 15.4. The van der Waals surface area contributed by atoms with E-state index in [9.17, 15) is 18.0 Å². The van der Waals surface area contributed by atoms with Crippen molar-refractivity contribution in [2.45, 2.75) is 43.0 Å². The van der Waals surface area contributed by atoms with Crippen molar-refractivity contribution in [1.82, 2.24) is 15.2 Å². The number of rotatable bonds is 5. The zero-order valence-corrected chi connectivity index (χ0v) is 17.2. The molecule has 1 saturated carbocycles. The monoisotopic (exact) mass is 421 g/mol. The van der Waals surface area contributed by atoms with Crippen LogP contribution < -0.4 is 10.9 Å². The SMILES string of the molecule is CN(C1CCCCC1)S(=O)(=O)c1ccc(C(=O)NNC(=O)c2cccs2)cc1. The lowest BCUT2D eigenvalue weighted by Gasteiger charge is -2.30. The molecule has 0 unspecified atom stereocenters. The average molecular weight is 422 g/mol. The minimum atomic E-state index is -3.60. The predicted octanol–water partition coefficient (Wildman–Crippen LogP) is 2.78. The maximum Gasteiger partial charge on any atom is 0.279 e. The Labute approximate surface area is 168 Å². The summed E-state index contributed by atoms with van der Waals surface area (Å²) in [5, 5.41) is 1.76. The van der Waals surface area contributed by atoms with E-state index in [0.29, 0.717) is 4.88 Å². The molecule has 1 aromatic heterocycles. The van der Waals surface area contributed by atoms with Crippen LogP contribution in [0.1, 0.15) is 52.1 Å². The van der Waals surface area contributed by atoms with E-state index < -0.39 is 21.8 Å². The van der Waals surface area contributed by atoms with Gasteiger partial charge in [0, 0.05) is 18.7 Å². The molecule has 7 nitrogen and oxygen atoms in total. The molecular weight excluding hydrogens is 398 g/mol. The maximum absolute atomic E-state index is 12.8. The van der Waals surface area contributed by atoms with E-state index in [4.69, 9.17) is 0 Å². The fraction of sp³-hybridized carbons (Fsp3) is 0.368. The van der Waals surface area contributed by atoms with Crippen molar-refractivity contribution in [2.24, 2.45) is 0 Å². The third-order valence-electron chi connectivity index (χ3n) is 4.92. The molecule has 0 atom stereocenters. The first-order valence-corrected chi connectivity index (χ1v) is 11.4. The zero-order chi connectivity index (χ0) is 20.1. The third kappa shape index (κ3) is 4.60. The number of hydrazine groups is 1. The maximum atomic E-state index is 12.8. The lowest BCUT2D eigenvalue weighted by atomic mass is 9.96. The van der Waals surface area contributed by atoms with Gasteiger partial charge in [0.2, 0.25) is 10.0 Å². The predicted molar refractivity (Wildman–Crippen MR) is 108 cm³/mol. The standard InChI is InChI=1S/C19H23N3O4S2/c1-22(15-6-3-2-4-7-15)28(25,26)16-11-9-14(10-12-16)18(23)20-21-19(24)17-8-5-13-27-17/h5,8-13,15H,2-4,6-7H2,1H3,(H,20,23)(H,21,24). The highest BCUT2D eigenvalue weighted by Crippen LogP contribution is 2.26. The van der Waals surface area contributed by atoms with Gasteiger partial charge in [-0.3, -0.25) is 20.4 Å². The van der Waals surface area contributed by atoms with Crippen LogP contribution in [0.3, 0.4) is 0 Å². The van der Waals surface area contributed by atoms with E-state index in [1.807, 2.05) is 0 Å². The lowest BCUT2D eigenvalue weighted by Crippen LogP contribution is -2.41. The van der Waals surface area contributed by atoms with Crippen molar-refractivity contribution < 1.29 is 18.0 Å². The van der Waals surface area contributed by atoms with Gasteiger partial charge in [-0.05, 0) is 48.6 Å². The Morgan fingerprint density at radius 1 is 1.00 bits per heavy atom. The molecule has 0 aliphatic heterocycles. The van der Waals surface area contributed by atoms with Crippen LogP contribution >= 0.6 is 11.3 Å². The highest BCUT2D eigenvalue weighted by Gasteiger charge is 2.29. The van der Waals surface area contributed by atoms with E-state index in [0.717, 1.165) is 32.1 Å². The molecule has 2 amide bonds. The van der Waals surface area contributed by atoms with Crippen molar-refractivity contribution in [2.75, 3.05) is 7.05 Å². The summed E-state index contributed by atoms with van der Waals surface area (Å²) < 4.78 is 27.1. The van der Waals surface area contributed by atoms with Gasteiger partial charge >= 0.3 is 0 Å². The van der Waals surface area contributed by atoms with Crippen LogP contribution in [0.4, 0.5) is 0 Å². The number of carbonyl (C=O) groups is 2. The van der Waals surface area contributed by atoms with Gasteiger partial charge in [-0.2, -0.15) is 4.31 Å². The summed E-state index contributed by atoms with van der Waals surface area (Å²) in [6.07, 6.45) is 4.99. The van der Waals surface area contributed by atoms with Crippen molar-refractivity contribution in [1.29, 1.82) is 0 Å². The van der Waals surface area contributed by atoms with E-state index in [-0.39, 0.29) is 16.5 Å². The fourth-order valence-electron chi connectivity index (χ4n) is 3.24. The molecule has 3 rings (SSSR count). The van der Waals surface area contributed by atoms with Gasteiger partial charge in [0.25, 0.3) is 11.8 Å². The second kappa shape index (κ2) is 8.85. The highest BCUT2D eigenvalue weighted by atomic mass is 32.2. The largest absolute Gasteiger partial charge is 0.279 e. The quantitative estimate of drug-likeness (QED) is 0.726. The first-order chi connectivity index (χ1) is 13.4. The van der Waals surface area contributed by atoms with E-state index >= 15 is 0 Å². The van der Waals surface area contributed by atoms with Gasteiger partial charge in [0.1, 0.15) is 0 Å². The van der Waals surface area contributed by atoms with Crippen LogP contribution in [0.25, 0.3) is 0 Å². The summed E-state index contributed by atoms with van der Waals surface area (Å²) in [6, 6.07) is 9.13. The molecule has 1 heterocycles. The van der Waals surface area contributed by atoms with Crippen LogP contribution in [0.2, 0.25) is 0 Å². The number of nitrogens with zero attached hydrogens (tertiary/aromatic N) is 1. The topological polar surface area (TPSA) is 95.6 Å². The molecule has 2 aromatic rings. The first kappa shape index (κ1) is 20.5. The smallest absolute Gasteiger partial charge is 0.267 e. The van der Waals surface area contributed by atoms with E-state index in [1.165, 1.54) is 39.9 Å². The minimum Gasteiger partial charge on any atom is -0.267 e. The van der Waals surface area contributed by atoms with Crippen LogP contribution in [-0.4, -0.2) is 37.6 Å². The molecule has 28 heavy (non-hydrogen) atoms. The molecule has 0 saturated heterocycles. The fourth-order valence-corrected chi connectivity index (χ4v) is 5.28. The summed E-state index contributed by atoms with van der Waals surface area (Å²) in [5.74, 6) is -0.925. The Balaban J connectivity index is 1.63. The van der Waals surface area contributed by atoms with Crippen LogP contribution in [0.15, 0.2) is 46.7 Å². The summed E-state index contributed by atoms with van der Waals surface area (Å²) in [7, 11) is -1.99. The Kier molecular flexibility index (Phi) is 6.48. The summed E-state index contributed by atoms with van der Waals surface area (Å²) >= 11 is 1.26. The van der Waals surface area contributed by atoms with Crippen molar-refractivity contribution >= 4 is 33.2 Å². The number of amides is 2. The number of benzene rings is 1. The molecule has 9 heteroatoms. The van der Waals surface area contributed by atoms with Crippen LogP contribution in [-0.2, 0) is 10.0 Å². The van der Waals surface area contributed by atoms with Crippen molar-refractivity contribution in [3.05, 3.63) is 52.2 Å². The molecule has 1 aliphatic carbocycles.